The van der Waals surface area contributed by atoms with E-state index in [1.807, 2.05) is 12.2 Å². The zero-order chi connectivity index (χ0) is 31.6. The van der Waals surface area contributed by atoms with Gasteiger partial charge in [0.2, 0.25) is 0 Å². The molecular formula is C37H60O6. The number of hydrogen-bond donors (Lipinski definition) is 2. The third kappa shape index (κ3) is 32.1. The minimum atomic E-state index is -1.06. The molecule has 0 saturated carbocycles. The molecule has 0 aliphatic rings. The highest BCUT2D eigenvalue weighted by molar-refractivity contribution is 5.69. The highest BCUT2D eigenvalue weighted by atomic mass is 16.6. The van der Waals surface area contributed by atoms with Gasteiger partial charge < -0.3 is 19.7 Å². The Morgan fingerprint density at radius 3 is 1.58 bits per heavy atom. The van der Waals surface area contributed by atoms with Gasteiger partial charge in [0.15, 0.2) is 0 Å². The van der Waals surface area contributed by atoms with E-state index in [0.717, 1.165) is 51.4 Å². The Morgan fingerprint density at radius 2 is 1.05 bits per heavy atom. The first-order valence-corrected chi connectivity index (χ1v) is 16.6. The molecule has 0 spiro atoms. The van der Waals surface area contributed by atoms with Gasteiger partial charge in [-0.25, -0.2) is 0 Å². The van der Waals surface area contributed by atoms with E-state index >= 15 is 0 Å². The van der Waals surface area contributed by atoms with Crippen molar-refractivity contribution in [1.82, 2.24) is 0 Å². The van der Waals surface area contributed by atoms with Gasteiger partial charge in [-0.15, -0.1) is 0 Å². The molecule has 2 N–H and O–H groups in total. The van der Waals surface area contributed by atoms with Crippen LogP contribution < -0.4 is 0 Å². The molecule has 0 aliphatic heterocycles. The fraction of sp³-hybridized carbons (Fsp3) is 0.622. The Hall–Kier alpha value is -2.70. The monoisotopic (exact) mass is 600 g/mol. The van der Waals surface area contributed by atoms with Crippen molar-refractivity contribution in [1.29, 1.82) is 0 Å². The lowest BCUT2D eigenvalue weighted by Gasteiger charge is -2.12. The van der Waals surface area contributed by atoms with Crippen molar-refractivity contribution < 1.29 is 29.3 Å². The predicted molar refractivity (Wildman–Crippen MR) is 179 cm³/mol. The predicted octanol–water partition coefficient (Wildman–Crippen LogP) is 8.80. The van der Waals surface area contributed by atoms with Crippen molar-refractivity contribution in [3.05, 3.63) is 72.9 Å². The molecular weight excluding hydrogens is 540 g/mol. The Bertz CT molecular complexity index is 836. The molecule has 43 heavy (non-hydrogen) atoms. The highest BCUT2D eigenvalue weighted by Crippen LogP contribution is 2.11. The van der Waals surface area contributed by atoms with Gasteiger partial charge in [0.1, 0.15) is 19.3 Å². The first kappa shape index (κ1) is 40.3. The largest absolute Gasteiger partial charge is 0.463 e. The van der Waals surface area contributed by atoms with Gasteiger partial charge >= 0.3 is 11.9 Å². The number of esters is 2. The van der Waals surface area contributed by atoms with Crippen LogP contribution in [0.5, 0.6) is 0 Å². The van der Waals surface area contributed by atoms with Crippen molar-refractivity contribution >= 4 is 11.9 Å². The van der Waals surface area contributed by atoms with Crippen LogP contribution in [-0.2, 0) is 19.1 Å². The summed E-state index contributed by atoms with van der Waals surface area (Å²) in [5.74, 6) is -0.849. The Morgan fingerprint density at radius 1 is 0.581 bits per heavy atom. The van der Waals surface area contributed by atoms with Gasteiger partial charge in [-0.3, -0.25) is 9.59 Å². The van der Waals surface area contributed by atoms with Gasteiger partial charge in [0.05, 0.1) is 6.10 Å². The summed E-state index contributed by atoms with van der Waals surface area (Å²) in [7, 11) is 0. The molecule has 0 aromatic heterocycles. The lowest BCUT2D eigenvalue weighted by molar-refractivity contribution is -0.152. The quantitative estimate of drug-likeness (QED) is 0.0403. The first-order chi connectivity index (χ1) is 21.0. The minimum absolute atomic E-state index is 0.0300. The lowest BCUT2D eigenvalue weighted by atomic mass is 10.1. The fourth-order valence-corrected chi connectivity index (χ4v) is 4.02. The van der Waals surface area contributed by atoms with Gasteiger partial charge in [-0.1, -0.05) is 138 Å². The molecule has 1 unspecified atom stereocenters. The Balaban J connectivity index is 3.78. The topological polar surface area (TPSA) is 93.1 Å². The highest BCUT2D eigenvalue weighted by Gasteiger charge is 2.13. The number of allylic oxidation sites excluding steroid dienone is 11. The zero-order valence-corrected chi connectivity index (χ0v) is 27.0. The van der Waals surface area contributed by atoms with Gasteiger partial charge in [-0.05, 0) is 44.9 Å². The first-order valence-electron chi connectivity index (χ1n) is 16.6. The smallest absolute Gasteiger partial charge is 0.305 e. The molecule has 6 nitrogen and oxygen atoms in total. The average Bonchev–Trinajstić information content (AvgIpc) is 3.00. The average molecular weight is 601 g/mol. The standard InChI is InChI=1S/C37H60O6/c1-3-5-7-9-11-13-14-15-16-17-18-19-21-22-24-26-28-34(38)30-31-37(41)43-33-35(39)32-42-36(40)29-27-25-23-20-12-10-8-6-4-2/h5,7,11,13,15-16,18-19,22,24,26,28,34-35,38-39H,3-4,6,8-10,12,14,17,20-21,23,25,27,29-33H2,1-2H3/b7-5-,13-11-,16-15-,19-18-,24-22-,28-26-/t34?,35-/m1/s1. The maximum absolute atomic E-state index is 11.9. The molecule has 0 aromatic carbocycles. The molecule has 0 bridgehead atoms. The SMILES string of the molecule is CC/C=C\C/C=C\C/C=C\C/C=C\C/C=C\C=C/C(O)CCC(=O)OC[C@H](O)COC(=O)CCCCCCCCCCC. The second kappa shape index (κ2) is 32.2. The molecule has 6 heteroatoms. The number of carbonyl (C=O) groups is 2. The van der Waals surface area contributed by atoms with E-state index in [4.69, 9.17) is 9.47 Å². The molecule has 244 valence electrons. The number of hydrogen-bond acceptors (Lipinski definition) is 6. The summed E-state index contributed by atoms with van der Waals surface area (Å²) < 4.78 is 10.1. The van der Waals surface area contributed by atoms with Crippen LogP contribution in [0.25, 0.3) is 0 Å². The normalized spacial score (nSPS) is 13.9. The molecule has 2 atom stereocenters. The van der Waals surface area contributed by atoms with Crippen LogP contribution in [-0.4, -0.2) is 47.6 Å². The van der Waals surface area contributed by atoms with Crippen molar-refractivity contribution in [2.24, 2.45) is 0 Å². The zero-order valence-electron chi connectivity index (χ0n) is 27.0. The summed E-state index contributed by atoms with van der Waals surface area (Å²) >= 11 is 0. The Kier molecular flexibility index (Phi) is 30.2. The summed E-state index contributed by atoms with van der Waals surface area (Å²) in [6.45, 7) is 3.92. The van der Waals surface area contributed by atoms with Crippen LogP contribution in [0.4, 0.5) is 0 Å². The summed E-state index contributed by atoms with van der Waals surface area (Å²) in [5, 5.41) is 20.0. The summed E-state index contributed by atoms with van der Waals surface area (Å²) in [5.41, 5.74) is 0. The van der Waals surface area contributed by atoms with E-state index in [1.54, 1.807) is 12.2 Å². The second-order valence-corrected chi connectivity index (χ2v) is 10.8. The van der Waals surface area contributed by atoms with Crippen LogP contribution >= 0.6 is 0 Å². The number of aliphatic hydroxyl groups is 2. The molecule has 0 aromatic rings. The summed E-state index contributed by atoms with van der Waals surface area (Å²) in [4.78, 5) is 23.7. The van der Waals surface area contributed by atoms with Crippen LogP contribution in [0, 0.1) is 0 Å². The number of carbonyl (C=O) groups excluding carboxylic acids is 2. The lowest BCUT2D eigenvalue weighted by Crippen LogP contribution is -2.25. The van der Waals surface area contributed by atoms with Gasteiger partial charge in [0, 0.05) is 12.8 Å². The van der Waals surface area contributed by atoms with Crippen molar-refractivity contribution in [3.63, 3.8) is 0 Å². The van der Waals surface area contributed by atoms with Crippen molar-refractivity contribution in [2.75, 3.05) is 13.2 Å². The number of rotatable bonds is 28. The molecule has 0 heterocycles. The van der Waals surface area contributed by atoms with E-state index in [9.17, 15) is 19.8 Å². The van der Waals surface area contributed by atoms with Gasteiger partial charge in [-0.2, -0.15) is 0 Å². The van der Waals surface area contributed by atoms with Crippen LogP contribution in [0.1, 0.15) is 123 Å². The molecule has 0 radical (unpaired) electrons. The fourth-order valence-electron chi connectivity index (χ4n) is 4.02. The van der Waals surface area contributed by atoms with Crippen molar-refractivity contribution in [3.8, 4) is 0 Å². The maximum Gasteiger partial charge on any atom is 0.305 e. The second-order valence-electron chi connectivity index (χ2n) is 10.8. The van der Waals surface area contributed by atoms with E-state index in [2.05, 4.69) is 62.5 Å². The van der Waals surface area contributed by atoms with Crippen LogP contribution in [0.15, 0.2) is 72.9 Å². The van der Waals surface area contributed by atoms with E-state index < -0.39 is 18.2 Å². The number of unbranched alkanes of at least 4 members (excludes halogenated alkanes) is 8. The van der Waals surface area contributed by atoms with E-state index in [0.29, 0.717) is 6.42 Å². The molecule has 0 aliphatic carbocycles. The van der Waals surface area contributed by atoms with Crippen LogP contribution in [0.2, 0.25) is 0 Å². The summed E-state index contributed by atoms with van der Waals surface area (Å²) in [6, 6.07) is 0. The maximum atomic E-state index is 11.9. The third-order valence-corrected chi connectivity index (χ3v) is 6.57. The number of ether oxygens (including phenoxy) is 2. The van der Waals surface area contributed by atoms with Crippen LogP contribution in [0.3, 0.4) is 0 Å². The van der Waals surface area contributed by atoms with E-state index in [-0.39, 0.29) is 32.0 Å². The number of aliphatic hydroxyl groups excluding tert-OH is 2. The molecule has 0 rings (SSSR count). The molecule has 0 fully saturated rings. The minimum Gasteiger partial charge on any atom is -0.463 e. The van der Waals surface area contributed by atoms with Gasteiger partial charge in [0.25, 0.3) is 0 Å². The third-order valence-electron chi connectivity index (χ3n) is 6.57. The summed E-state index contributed by atoms with van der Waals surface area (Å²) in [6.07, 6.45) is 38.6. The Labute approximate surface area is 262 Å². The molecule has 0 saturated heterocycles. The van der Waals surface area contributed by atoms with E-state index in [1.165, 1.54) is 38.5 Å². The molecule has 0 amide bonds. The van der Waals surface area contributed by atoms with Crippen molar-refractivity contribution in [2.45, 2.75) is 135 Å².